The summed E-state index contributed by atoms with van der Waals surface area (Å²) in [6, 6.07) is 0.0699. The average molecular weight is 170 g/mol. The number of carbonyl (C=O) groups excluding carboxylic acids is 1. The van der Waals surface area contributed by atoms with Gasteiger partial charge in [0, 0.05) is 20.2 Å². The van der Waals surface area contributed by atoms with E-state index in [2.05, 4.69) is 17.2 Å². The van der Waals surface area contributed by atoms with E-state index in [1.165, 1.54) is 6.08 Å². The Bertz CT molecular complexity index is 182. The van der Waals surface area contributed by atoms with Crippen LogP contribution in [0.1, 0.15) is 0 Å². The Morgan fingerprint density at radius 3 is 3.08 bits per heavy atom. The quantitative estimate of drug-likeness (QED) is 0.549. The zero-order valence-electron chi connectivity index (χ0n) is 7.17. The molecule has 0 radical (unpaired) electrons. The van der Waals surface area contributed by atoms with Gasteiger partial charge < -0.3 is 15.4 Å². The van der Waals surface area contributed by atoms with Crippen LogP contribution in [0.15, 0.2) is 12.7 Å². The van der Waals surface area contributed by atoms with Crippen LogP contribution in [0, 0.1) is 0 Å². The van der Waals surface area contributed by atoms with E-state index in [1.54, 1.807) is 7.11 Å². The smallest absolute Gasteiger partial charge is 0.243 e. The number of rotatable bonds is 3. The molecule has 0 saturated carbocycles. The molecule has 0 aromatic carbocycles. The molecule has 0 aromatic heterocycles. The number of ether oxygens (including phenoxy) is 1. The summed E-state index contributed by atoms with van der Waals surface area (Å²) in [5.41, 5.74) is 0. The van der Waals surface area contributed by atoms with Crippen molar-refractivity contribution in [2.45, 2.75) is 12.1 Å². The summed E-state index contributed by atoms with van der Waals surface area (Å²) in [5.74, 6) is -0.147. The van der Waals surface area contributed by atoms with Crippen molar-refractivity contribution in [3.63, 3.8) is 0 Å². The third-order valence-electron chi connectivity index (χ3n) is 1.97. The third kappa shape index (κ3) is 2.06. The van der Waals surface area contributed by atoms with Gasteiger partial charge in [0.1, 0.15) is 0 Å². The molecular formula is C8H14N2O2. The van der Waals surface area contributed by atoms with E-state index in [0.717, 1.165) is 13.1 Å². The summed E-state index contributed by atoms with van der Waals surface area (Å²) in [7, 11) is 1.64. The molecule has 1 aliphatic rings. The van der Waals surface area contributed by atoms with E-state index in [1.807, 2.05) is 0 Å². The molecule has 1 aliphatic heterocycles. The first-order chi connectivity index (χ1) is 5.77. The van der Waals surface area contributed by atoms with Crippen molar-refractivity contribution in [3.05, 3.63) is 12.7 Å². The molecule has 0 bridgehead atoms. The van der Waals surface area contributed by atoms with E-state index in [-0.39, 0.29) is 18.1 Å². The molecule has 4 heteroatoms. The Morgan fingerprint density at radius 1 is 1.75 bits per heavy atom. The van der Waals surface area contributed by atoms with Crippen LogP contribution in [0.2, 0.25) is 0 Å². The van der Waals surface area contributed by atoms with Crippen molar-refractivity contribution in [2.75, 3.05) is 20.2 Å². The summed E-state index contributed by atoms with van der Waals surface area (Å²) in [4.78, 5) is 10.9. The zero-order chi connectivity index (χ0) is 8.97. The number of nitrogens with one attached hydrogen (secondary N) is 2. The van der Waals surface area contributed by atoms with Crippen LogP contribution in [-0.4, -0.2) is 38.3 Å². The summed E-state index contributed by atoms with van der Waals surface area (Å²) in [5, 5.41) is 5.91. The maximum absolute atomic E-state index is 10.9. The maximum Gasteiger partial charge on any atom is 0.243 e. The van der Waals surface area contributed by atoms with E-state index >= 15 is 0 Å². The molecule has 1 saturated heterocycles. The first-order valence-electron chi connectivity index (χ1n) is 3.94. The molecule has 2 atom stereocenters. The minimum Gasteiger partial charge on any atom is -0.378 e. The molecule has 4 nitrogen and oxygen atoms in total. The largest absolute Gasteiger partial charge is 0.378 e. The molecule has 0 aliphatic carbocycles. The normalized spacial score (nSPS) is 28.4. The van der Waals surface area contributed by atoms with Gasteiger partial charge in [-0.05, 0) is 6.08 Å². The third-order valence-corrected chi connectivity index (χ3v) is 1.97. The van der Waals surface area contributed by atoms with Crippen LogP contribution in [0.4, 0.5) is 0 Å². The highest BCUT2D eigenvalue weighted by Crippen LogP contribution is 2.02. The van der Waals surface area contributed by atoms with Crippen LogP contribution in [0.3, 0.4) is 0 Å². The fourth-order valence-electron chi connectivity index (χ4n) is 1.29. The molecule has 1 unspecified atom stereocenters. The van der Waals surface area contributed by atoms with Crippen molar-refractivity contribution in [1.82, 2.24) is 10.6 Å². The van der Waals surface area contributed by atoms with Crippen molar-refractivity contribution in [1.29, 1.82) is 0 Å². The maximum atomic E-state index is 10.9. The molecule has 68 valence electrons. The Balaban J connectivity index is 2.40. The second-order valence-electron chi connectivity index (χ2n) is 2.75. The number of amides is 1. The molecule has 1 amide bonds. The molecule has 0 spiro atoms. The van der Waals surface area contributed by atoms with Gasteiger partial charge in [0.15, 0.2) is 0 Å². The van der Waals surface area contributed by atoms with E-state index < -0.39 is 0 Å². The van der Waals surface area contributed by atoms with Gasteiger partial charge in [-0.3, -0.25) is 4.79 Å². The standard InChI is InChI=1S/C8H14N2O2/c1-3-8(11)10-6-4-9-5-7(6)12-2/h3,6-7,9H,1,4-5H2,2H3,(H,10,11)/t6?,7-/m0/s1. The highest BCUT2D eigenvalue weighted by atomic mass is 16.5. The Kier molecular flexibility index (Phi) is 3.25. The predicted octanol–water partition coefficient (Wildman–Crippen LogP) is -0.725. The van der Waals surface area contributed by atoms with Gasteiger partial charge in [0.05, 0.1) is 12.1 Å². The molecule has 12 heavy (non-hydrogen) atoms. The lowest BCUT2D eigenvalue weighted by molar-refractivity contribution is -0.117. The lowest BCUT2D eigenvalue weighted by Gasteiger charge is -2.17. The topological polar surface area (TPSA) is 50.4 Å². The minimum absolute atomic E-state index is 0.0699. The monoisotopic (exact) mass is 170 g/mol. The second-order valence-corrected chi connectivity index (χ2v) is 2.75. The van der Waals surface area contributed by atoms with Crippen molar-refractivity contribution >= 4 is 5.91 Å². The van der Waals surface area contributed by atoms with Gasteiger partial charge in [0.2, 0.25) is 5.91 Å². The highest BCUT2D eigenvalue weighted by molar-refractivity contribution is 5.87. The number of methoxy groups -OCH3 is 1. The van der Waals surface area contributed by atoms with Crippen LogP contribution in [-0.2, 0) is 9.53 Å². The van der Waals surface area contributed by atoms with Gasteiger partial charge >= 0.3 is 0 Å². The van der Waals surface area contributed by atoms with E-state index in [0.29, 0.717) is 0 Å². The average Bonchev–Trinajstić information content (AvgIpc) is 2.51. The first kappa shape index (κ1) is 9.22. The van der Waals surface area contributed by atoms with Crippen molar-refractivity contribution in [3.8, 4) is 0 Å². The zero-order valence-corrected chi connectivity index (χ0v) is 7.17. The summed E-state index contributed by atoms with van der Waals surface area (Å²) in [6.07, 6.45) is 1.35. The predicted molar refractivity (Wildman–Crippen MR) is 45.8 cm³/mol. The van der Waals surface area contributed by atoms with Gasteiger partial charge in [-0.15, -0.1) is 0 Å². The number of hydrogen-bond acceptors (Lipinski definition) is 3. The van der Waals surface area contributed by atoms with Crippen LogP contribution in [0.5, 0.6) is 0 Å². The summed E-state index contributed by atoms with van der Waals surface area (Å²) in [6.45, 7) is 4.93. The molecular weight excluding hydrogens is 156 g/mol. The molecule has 1 rings (SSSR count). The lowest BCUT2D eigenvalue weighted by atomic mass is 10.2. The fourth-order valence-corrected chi connectivity index (χ4v) is 1.29. The Hall–Kier alpha value is -0.870. The molecule has 2 N–H and O–H groups in total. The molecule has 1 heterocycles. The van der Waals surface area contributed by atoms with Gasteiger partial charge in [0.25, 0.3) is 0 Å². The lowest BCUT2D eigenvalue weighted by Crippen LogP contribution is -2.42. The number of hydrogen-bond donors (Lipinski definition) is 2. The van der Waals surface area contributed by atoms with E-state index in [9.17, 15) is 4.79 Å². The van der Waals surface area contributed by atoms with Crippen LogP contribution >= 0.6 is 0 Å². The van der Waals surface area contributed by atoms with Gasteiger partial charge in [-0.2, -0.15) is 0 Å². The SMILES string of the molecule is C=CC(=O)NC1CNC[C@@H]1OC. The Labute approximate surface area is 72.0 Å². The highest BCUT2D eigenvalue weighted by Gasteiger charge is 2.27. The van der Waals surface area contributed by atoms with Crippen molar-refractivity contribution < 1.29 is 9.53 Å². The van der Waals surface area contributed by atoms with Crippen LogP contribution < -0.4 is 10.6 Å². The second kappa shape index (κ2) is 4.23. The minimum atomic E-state index is -0.147. The summed E-state index contributed by atoms with van der Waals surface area (Å²) >= 11 is 0. The fraction of sp³-hybridized carbons (Fsp3) is 0.625. The van der Waals surface area contributed by atoms with E-state index in [4.69, 9.17) is 4.74 Å². The molecule has 0 aromatic rings. The first-order valence-corrected chi connectivity index (χ1v) is 3.94. The summed E-state index contributed by atoms with van der Waals surface area (Å²) < 4.78 is 5.16. The van der Waals surface area contributed by atoms with Crippen molar-refractivity contribution in [2.24, 2.45) is 0 Å². The molecule has 1 fully saturated rings. The number of carbonyl (C=O) groups is 1. The Morgan fingerprint density at radius 2 is 2.50 bits per heavy atom. The van der Waals surface area contributed by atoms with Crippen LogP contribution in [0.25, 0.3) is 0 Å². The van der Waals surface area contributed by atoms with Gasteiger partial charge in [-0.25, -0.2) is 0 Å². The van der Waals surface area contributed by atoms with Gasteiger partial charge in [-0.1, -0.05) is 6.58 Å².